The minimum absolute atomic E-state index is 0.121. The lowest BCUT2D eigenvalue weighted by Crippen LogP contribution is -2.15. The molecule has 5 nitrogen and oxygen atoms in total. The maximum atomic E-state index is 12.7. The second-order valence-corrected chi connectivity index (χ2v) is 7.41. The SMILES string of the molecule is CCOC(=O)c1c(NC(=O)c2cccc(OC(F)F)c2)sc(C)c1-c1ccccc1. The van der Waals surface area contributed by atoms with E-state index in [1.165, 1.54) is 35.6 Å². The largest absolute Gasteiger partial charge is 0.462 e. The topological polar surface area (TPSA) is 64.6 Å². The van der Waals surface area contributed by atoms with Crippen molar-refractivity contribution in [3.8, 4) is 16.9 Å². The third-order valence-electron chi connectivity index (χ3n) is 4.17. The van der Waals surface area contributed by atoms with E-state index in [0.717, 1.165) is 10.4 Å². The number of amides is 1. The average molecular weight is 431 g/mol. The monoisotopic (exact) mass is 431 g/mol. The minimum Gasteiger partial charge on any atom is -0.462 e. The van der Waals surface area contributed by atoms with E-state index < -0.39 is 18.5 Å². The summed E-state index contributed by atoms with van der Waals surface area (Å²) < 4.78 is 34.5. The number of hydrogen-bond donors (Lipinski definition) is 1. The molecular weight excluding hydrogens is 412 g/mol. The number of nitrogens with one attached hydrogen (secondary N) is 1. The summed E-state index contributed by atoms with van der Waals surface area (Å²) in [5.41, 5.74) is 1.89. The van der Waals surface area contributed by atoms with Crippen molar-refractivity contribution in [3.63, 3.8) is 0 Å². The highest BCUT2D eigenvalue weighted by Crippen LogP contribution is 2.40. The molecule has 1 aromatic heterocycles. The maximum Gasteiger partial charge on any atom is 0.387 e. The molecule has 0 saturated carbocycles. The first-order chi connectivity index (χ1) is 14.4. The molecule has 0 atom stereocenters. The number of thiophene rings is 1. The van der Waals surface area contributed by atoms with Gasteiger partial charge in [0, 0.05) is 16.0 Å². The van der Waals surface area contributed by atoms with Crippen molar-refractivity contribution >= 4 is 28.2 Å². The Morgan fingerprint density at radius 2 is 1.83 bits per heavy atom. The van der Waals surface area contributed by atoms with E-state index in [9.17, 15) is 18.4 Å². The molecule has 0 spiro atoms. The second-order valence-electron chi connectivity index (χ2n) is 6.18. The molecule has 0 saturated heterocycles. The third kappa shape index (κ3) is 4.83. The first kappa shape index (κ1) is 21.4. The van der Waals surface area contributed by atoms with Crippen LogP contribution in [0.3, 0.4) is 0 Å². The van der Waals surface area contributed by atoms with Gasteiger partial charge in [0.05, 0.1) is 6.61 Å². The van der Waals surface area contributed by atoms with Crippen molar-refractivity contribution in [2.75, 3.05) is 11.9 Å². The smallest absolute Gasteiger partial charge is 0.387 e. The number of halogens is 2. The number of carbonyl (C=O) groups is 2. The summed E-state index contributed by atoms with van der Waals surface area (Å²) in [5.74, 6) is -1.23. The number of rotatable bonds is 7. The first-order valence-electron chi connectivity index (χ1n) is 9.12. The number of benzene rings is 2. The van der Waals surface area contributed by atoms with Gasteiger partial charge < -0.3 is 14.8 Å². The van der Waals surface area contributed by atoms with Gasteiger partial charge in [-0.05, 0) is 37.6 Å². The fourth-order valence-corrected chi connectivity index (χ4v) is 4.03. The van der Waals surface area contributed by atoms with Crippen LogP contribution in [0, 0.1) is 6.92 Å². The summed E-state index contributed by atoms with van der Waals surface area (Å²) >= 11 is 1.24. The lowest BCUT2D eigenvalue weighted by molar-refractivity contribution is -0.0498. The molecule has 30 heavy (non-hydrogen) atoms. The highest BCUT2D eigenvalue weighted by Gasteiger charge is 2.25. The Balaban J connectivity index is 1.98. The second kappa shape index (κ2) is 9.49. The Labute approximate surface area is 176 Å². The van der Waals surface area contributed by atoms with Crippen LogP contribution in [-0.2, 0) is 4.74 Å². The molecule has 0 aliphatic rings. The number of hydrogen-bond acceptors (Lipinski definition) is 5. The van der Waals surface area contributed by atoms with Gasteiger partial charge in [0.15, 0.2) is 0 Å². The average Bonchev–Trinajstić information content (AvgIpc) is 3.04. The van der Waals surface area contributed by atoms with Crippen molar-refractivity contribution in [3.05, 3.63) is 70.6 Å². The summed E-state index contributed by atoms with van der Waals surface area (Å²) in [6.45, 7) is 0.740. The zero-order valence-electron chi connectivity index (χ0n) is 16.3. The van der Waals surface area contributed by atoms with E-state index in [0.29, 0.717) is 10.6 Å². The van der Waals surface area contributed by atoms with Gasteiger partial charge >= 0.3 is 12.6 Å². The van der Waals surface area contributed by atoms with Crippen LogP contribution in [0.15, 0.2) is 54.6 Å². The van der Waals surface area contributed by atoms with Crippen LogP contribution < -0.4 is 10.1 Å². The molecule has 1 heterocycles. The summed E-state index contributed by atoms with van der Waals surface area (Å²) in [7, 11) is 0. The van der Waals surface area contributed by atoms with Crippen LogP contribution in [0.5, 0.6) is 5.75 Å². The van der Waals surface area contributed by atoms with Crippen molar-refractivity contribution in [1.29, 1.82) is 0 Å². The summed E-state index contributed by atoms with van der Waals surface area (Å²) in [4.78, 5) is 26.3. The Kier molecular flexibility index (Phi) is 6.79. The normalized spacial score (nSPS) is 10.7. The fourth-order valence-electron chi connectivity index (χ4n) is 2.97. The van der Waals surface area contributed by atoms with E-state index in [2.05, 4.69) is 10.1 Å². The maximum absolute atomic E-state index is 12.7. The molecule has 0 unspecified atom stereocenters. The fraction of sp³-hybridized carbons (Fsp3) is 0.182. The molecule has 0 bridgehead atoms. The van der Waals surface area contributed by atoms with Gasteiger partial charge in [-0.25, -0.2) is 4.79 Å². The zero-order chi connectivity index (χ0) is 21.7. The number of alkyl halides is 2. The molecule has 3 aromatic rings. The molecule has 1 N–H and O–H groups in total. The standard InChI is InChI=1S/C22H19F2NO4S/c1-3-28-21(27)18-17(14-8-5-4-6-9-14)13(2)30-20(18)25-19(26)15-10-7-11-16(12-15)29-22(23)24/h4-12,22H,3H2,1-2H3,(H,25,26). The van der Waals surface area contributed by atoms with Crippen LogP contribution in [0.4, 0.5) is 13.8 Å². The molecule has 156 valence electrons. The van der Waals surface area contributed by atoms with Gasteiger partial charge in [-0.1, -0.05) is 36.4 Å². The predicted molar refractivity (Wildman–Crippen MR) is 111 cm³/mol. The molecular formula is C22H19F2NO4S. The molecule has 8 heteroatoms. The van der Waals surface area contributed by atoms with Crippen LogP contribution in [-0.4, -0.2) is 25.1 Å². The first-order valence-corrected chi connectivity index (χ1v) is 9.94. The Morgan fingerprint density at radius 1 is 1.10 bits per heavy atom. The zero-order valence-corrected chi connectivity index (χ0v) is 17.1. The molecule has 0 radical (unpaired) electrons. The van der Waals surface area contributed by atoms with E-state index in [-0.39, 0.29) is 23.5 Å². The number of esters is 1. The Bertz CT molecular complexity index is 1050. The van der Waals surface area contributed by atoms with Gasteiger partial charge in [0.25, 0.3) is 5.91 Å². The van der Waals surface area contributed by atoms with E-state index in [4.69, 9.17) is 4.74 Å². The predicted octanol–water partition coefficient (Wildman–Crippen LogP) is 5.75. The third-order valence-corrected chi connectivity index (χ3v) is 5.20. The van der Waals surface area contributed by atoms with E-state index >= 15 is 0 Å². The highest BCUT2D eigenvalue weighted by atomic mass is 32.1. The van der Waals surface area contributed by atoms with Crippen LogP contribution in [0.2, 0.25) is 0 Å². The summed E-state index contributed by atoms with van der Waals surface area (Å²) in [6.07, 6.45) is 0. The molecule has 3 rings (SSSR count). The molecule has 0 fully saturated rings. The van der Waals surface area contributed by atoms with Gasteiger partial charge in [-0.3, -0.25) is 4.79 Å². The molecule has 0 aliphatic heterocycles. The Morgan fingerprint density at radius 3 is 2.50 bits per heavy atom. The summed E-state index contributed by atoms with van der Waals surface area (Å²) in [5, 5.41) is 3.04. The van der Waals surface area contributed by atoms with E-state index in [1.54, 1.807) is 6.92 Å². The van der Waals surface area contributed by atoms with Gasteiger partial charge in [-0.2, -0.15) is 8.78 Å². The lowest BCUT2D eigenvalue weighted by Gasteiger charge is -2.10. The van der Waals surface area contributed by atoms with Crippen molar-refractivity contribution in [1.82, 2.24) is 0 Å². The molecule has 2 aromatic carbocycles. The number of carbonyl (C=O) groups excluding carboxylic acids is 2. The molecule has 1 amide bonds. The quantitative estimate of drug-likeness (QED) is 0.484. The van der Waals surface area contributed by atoms with Crippen molar-refractivity contribution < 1.29 is 27.8 Å². The van der Waals surface area contributed by atoms with Gasteiger partial charge in [0.1, 0.15) is 16.3 Å². The number of anilines is 1. The Hall–Kier alpha value is -3.26. The lowest BCUT2D eigenvalue weighted by atomic mass is 10.0. The van der Waals surface area contributed by atoms with Gasteiger partial charge in [0.2, 0.25) is 0 Å². The number of ether oxygens (including phenoxy) is 2. The van der Waals surface area contributed by atoms with Crippen molar-refractivity contribution in [2.24, 2.45) is 0 Å². The van der Waals surface area contributed by atoms with Crippen LogP contribution >= 0.6 is 11.3 Å². The molecule has 0 aliphatic carbocycles. The number of aryl methyl sites for hydroxylation is 1. The van der Waals surface area contributed by atoms with Crippen LogP contribution in [0.1, 0.15) is 32.5 Å². The minimum atomic E-state index is -2.99. The summed E-state index contributed by atoms with van der Waals surface area (Å²) in [6, 6.07) is 14.8. The van der Waals surface area contributed by atoms with Gasteiger partial charge in [-0.15, -0.1) is 11.3 Å². The highest BCUT2D eigenvalue weighted by molar-refractivity contribution is 7.17. The van der Waals surface area contributed by atoms with Crippen molar-refractivity contribution in [2.45, 2.75) is 20.5 Å². The van der Waals surface area contributed by atoms with Crippen LogP contribution in [0.25, 0.3) is 11.1 Å². The van der Waals surface area contributed by atoms with E-state index in [1.807, 2.05) is 37.3 Å².